The van der Waals surface area contributed by atoms with Gasteiger partial charge in [0.2, 0.25) is 11.9 Å². The quantitative estimate of drug-likeness (QED) is 0.105. The molecule has 7 N–H and O–H groups in total. The molecular formula is C29H23F6IN12. The molecule has 6 rings (SSSR count). The fourth-order valence-corrected chi connectivity index (χ4v) is 4.89. The predicted molar refractivity (Wildman–Crippen MR) is 174 cm³/mol. The molecule has 248 valence electrons. The van der Waals surface area contributed by atoms with E-state index in [0.717, 1.165) is 25.4 Å². The van der Waals surface area contributed by atoms with Crippen molar-refractivity contribution in [3.8, 4) is 17.2 Å². The summed E-state index contributed by atoms with van der Waals surface area (Å²) in [5, 5.41) is 16.3. The number of nitriles is 1. The molecule has 5 aromatic heterocycles. The summed E-state index contributed by atoms with van der Waals surface area (Å²) in [5.74, 6) is 0.146. The number of nitrogens with one attached hydrogen (secondary N) is 3. The number of aromatic nitrogens is 7. The average molecular weight is 780 g/mol. The highest BCUT2D eigenvalue weighted by Crippen LogP contribution is 2.33. The Morgan fingerprint density at radius 2 is 1.35 bits per heavy atom. The lowest BCUT2D eigenvalue weighted by atomic mass is 10.0. The minimum Gasteiger partial charge on any atom is -0.361 e. The van der Waals surface area contributed by atoms with Crippen molar-refractivity contribution >= 4 is 67.2 Å². The van der Waals surface area contributed by atoms with Crippen LogP contribution in [0, 0.1) is 14.9 Å². The second kappa shape index (κ2) is 14.0. The highest BCUT2D eigenvalue weighted by Gasteiger charge is 2.37. The molecule has 0 aliphatic rings. The van der Waals surface area contributed by atoms with Crippen LogP contribution >= 0.6 is 22.6 Å². The standard InChI is InChI=1S/C19H14F3N7.C10H9F3IN5/c20-19(21,22)16(24)9-28-18-27-6-11-5-25-7-14(17(11)29-18)13-8-26-15-3-10(4-23)1-2-12(13)15;11-10(12,13)7(15)4-18-9-17-2-5-1-16-3-6(14)8(5)19-9/h1-3,5-8,16,26H,9,24H2,(H,27,28,29);1-3,7H,4,15H2,(H,17,18,19). The third kappa shape index (κ3) is 7.95. The number of rotatable bonds is 7. The van der Waals surface area contributed by atoms with Gasteiger partial charge in [-0.1, -0.05) is 6.07 Å². The molecule has 12 nitrogen and oxygen atoms in total. The Labute approximate surface area is 280 Å². The molecule has 0 amide bonds. The number of hydrogen-bond donors (Lipinski definition) is 5. The first-order valence-electron chi connectivity index (χ1n) is 13.8. The Kier molecular flexibility index (Phi) is 10.1. The first-order valence-corrected chi connectivity index (χ1v) is 14.8. The van der Waals surface area contributed by atoms with Gasteiger partial charge in [-0.25, -0.2) is 19.9 Å². The number of fused-ring (bicyclic) bond motifs is 3. The zero-order valence-corrected chi connectivity index (χ0v) is 26.4. The lowest BCUT2D eigenvalue weighted by Crippen LogP contribution is -2.43. The van der Waals surface area contributed by atoms with Crippen LogP contribution in [0.4, 0.5) is 38.2 Å². The maximum Gasteiger partial charge on any atom is 0.405 e. The second-order valence-electron chi connectivity index (χ2n) is 10.2. The molecule has 0 fully saturated rings. The van der Waals surface area contributed by atoms with E-state index in [2.05, 4.69) is 51.6 Å². The monoisotopic (exact) mass is 780 g/mol. The Morgan fingerprint density at radius 1 is 0.792 bits per heavy atom. The summed E-state index contributed by atoms with van der Waals surface area (Å²) in [5.41, 5.74) is 14.1. The minimum absolute atomic E-state index is 0.0382. The van der Waals surface area contributed by atoms with Crippen molar-refractivity contribution in [3.05, 3.63) is 70.7 Å². The number of nitrogens with zero attached hydrogens (tertiary/aromatic N) is 7. The van der Waals surface area contributed by atoms with Crippen LogP contribution in [0.25, 0.3) is 43.8 Å². The molecule has 48 heavy (non-hydrogen) atoms. The number of nitrogens with two attached hydrogens (primary N) is 2. The molecule has 0 bridgehead atoms. The van der Waals surface area contributed by atoms with Gasteiger partial charge < -0.3 is 27.1 Å². The van der Waals surface area contributed by atoms with Crippen LogP contribution in [0.5, 0.6) is 0 Å². The van der Waals surface area contributed by atoms with Crippen LogP contribution in [-0.2, 0) is 0 Å². The summed E-state index contributed by atoms with van der Waals surface area (Å²) < 4.78 is 75.4. The van der Waals surface area contributed by atoms with Crippen molar-refractivity contribution in [3.63, 3.8) is 0 Å². The number of H-pyrrole nitrogens is 1. The molecule has 6 aromatic rings. The molecule has 5 heterocycles. The lowest BCUT2D eigenvalue weighted by molar-refractivity contribution is -0.145. The molecule has 2 atom stereocenters. The van der Waals surface area contributed by atoms with Crippen LogP contribution < -0.4 is 22.1 Å². The van der Waals surface area contributed by atoms with Gasteiger partial charge in [0.25, 0.3) is 0 Å². The van der Waals surface area contributed by atoms with Gasteiger partial charge in [-0.2, -0.15) is 31.6 Å². The van der Waals surface area contributed by atoms with E-state index in [1.165, 1.54) is 12.4 Å². The van der Waals surface area contributed by atoms with Crippen LogP contribution in [-0.4, -0.2) is 72.4 Å². The third-order valence-corrected chi connectivity index (χ3v) is 7.63. The van der Waals surface area contributed by atoms with E-state index in [9.17, 15) is 26.3 Å². The Hall–Kier alpha value is -4.94. The number of benzene rings is 1. The average Bonchev–Trinajstić information content (AvgIpc) is 3.48. The van der Waals surface area contributed by atoms with Gasteiger partial charge in [0.05, 0.1) is 26.2 Å². The largest absolute Gasteiger partial charge is 0.405 e. The highest BCUT2D eigenvalue weighted by molar-refractivity contribution is 14.1. The number of hydrogen-bond acceptors (Lipinski definition) is 11. The smallest absolute Gasteiger partial charge is 0.361 e. The molecule has 2 unspecified atom stereocenters. The predicted octanol–water partition coefficient (Wildman–Crippen LogP) is 5.28. The van der Waals surface area contributed by atoms with E-state index >= 15 is 0 Å². The van der Waals surface area contributed by atoms with Gasteiger partial charge in [-0.15, -0.1) is 0 Å². The van der Waals surface area contributed by atoms with E-state index in [-0.39, 0.29) is 11.9 Å². The molecule has 0 saturated heterocycles. The minimum atomic E-state index is -4.51. The summed E-state index contributed by atoms with van der Waals surface area (Å²) in [6.45, 7) is -1.02. The number of anilines is 2. The Bertz CT molecular complexity index is 2110. The number of aromatic amines is 1. The maximum atomic E-state index is 12.6. The van der Waals surface area contributed by atoms with E-state index < -0.39 is 37.5 Å². The summed E-state index contributed by atoms with van der Waals surface area (Å²) in [6.07, 6.45) is 2.21. The van der Waals surface area contributed by atoms with Gasteiger partial charge in [0.1, 0.15) is 12.1 Å². The zero-order chi connectivity index (χ0) is 34.6. The topological polar surface area (TPSA) is 193 Å². The first-order chi connectivity index (χ1) is 22.7. The van der Waals surface area contributed by atoms with Gasteiger partial charge in [0, 0.05) is 89.3 Å². The lowest BCUT2D eigenvalue weighted by Gasteiger charge is -2.16. The summed E-state index contributed by atoms with van der Waals surface area (Å²) in [7, 11) is 0. The van der Waals surface area contributed by atoms with E-state index in [1.807, 2.05) is 28.7 Å². The molecule has 0 radical (unpaired) electrons. The first kappa shape index (κ1) is 34.4. The number of pyridine rings is 2. The fourth-order valence-electron chi connectivity index (χ4n) is 4.30. The van der Waals surface area contributed by atoms with Gasteiger partial charge in [0.15, 0.2) is 0 Å². The summed E-state index contributed by atoms with van der Waals surface area (Å²) in [6, 6.07) is 3.37. The van der Waals surface area contributed by atoms with Gasteiger partial charge in [-0.3, -0.25) is 9.97 Å². The van der Waals surface area contributed by atoms with Crippen LogP contribution in [0.15, 0.2) is 61.6 Å². The van der Waals surface area contributed by atoms with E-state index in [4.69, 9.17) is 16.7 Å². The molecule has 0 spiro atoms. The Balaban J connectivity index is 0.000000206. The van der Waals surface area contributed by atoms with Crippen molar-refractivity contribution in [1.82, 2.24) is 34.9 Å². The molecule has 0 aliphatic carbocycles. The van der Waals surface area contributed by atoms with E-state index in [0.29, 0.717) is 27.5 Å². The third-order valence-electron chi connectivity index (χ3n) is 6.84. The van der Waals surface area contributed by atoms with Crippen molar-refractivity contribution in [2.75, 3.05) is 23.7 Å². The molecular weight excluding hydrogens is 757 g/mol. The van der Waals surface area contributed by atoms with Crippen molar-refractivity contribution in [2.45, 2.75) is 24.4 Å². The van der Waals surface area contributed by atoms with E-state index in [1.54, 1.807) is 43.1 Å². The van der Waals surface area contributed by atoms with Gasteiger partial charge in [-0.05, 0) is 34.7 Å². The van der Waals surface area contributed by atoms with Crippen LogP contribution in [0.1, 0.15) is 5.56 Å². The van der Waals surface area contributed by atoms with Crippen molar-refractivity contribution in [1.29, 1.82) is 5.26 Å². The SMILES string of the molecule is N#Cc1ccc2c(-c3cncc4cnc(NCC(N)C(F)(F)F)nc34)c[nH]c2c1.NC(CNc1ncc2cncc(I)c2n1)C(F)(F)F. The van der Waals surface area contributed by atoms with Crippen LogP contribution in [0.3, 0.4) is 0 Å². The summed E-state index contributed by atoms with van der Waals surface area (Å²) >= 11 is 2.04. The number of alkyl halides is 6. The molecule has 1 aromatic carbocycles. The molecule has 0 saturated carbocycles. The van der Waals surface area contributed by atoms with Crippen molar-refractivity contribution in [2.24, 2.45) is 11.5 Å². The highest BCUT2D eigenvalue weighted by atomic mass is 127. The van der Waals surface area contributed by atoms with Gasteiger partial charge >= 0.3 is 12.4 Å². The normalized spacial score (nSPS) is 13.1. The molecule has 0 aliphatic heterocycles. The van der Waals surface area contributed by atoms with Crippen molar-refractivity contribution < 1.29 is 26.3 Å². The second-order valence-corrected chi connectivity index (χ2v) is 11.4. The maximum absolute atomic E-state index is 12.6. The Morgan fingerprint density at radius 3 is 1.94 bits per heavy atom. The molecule has 19 heteroatoms. The zero-order valence-electron chi connectivity index (χ0n) is 24.3. The van der Waals surface area contributed by atoms with Crippen LogP contribution in [0.2, 0.25) is 0 Å². The fraction of sp³-hybridized carbons (Fsp3) is 0.207. The summed E-state index contributed by atoms with van der Waals surface area (Å²) in [4.78, 5) is 27.8. The number of halogens is 7.